The first kappa shape index (κ1) is 24.1. The molecule has 1 atom stereocenters. The number of halogens is 1. The van der Waals surface area contributed by atoms with Gasteiger partial charge in [-0.05, 0) is 53.9 Å². The molecule has 0 amide bonds. The first-order valence-electron chi connectivity index (χ1n) is 11.0. The number of esters is 1. The van der Waals surface area contributed by atoms with E-state index >= 15 is 0 Å². The second-order valence-electron chi connectivity index (χ2n) is 7.99. The van der Waals surface area contributed by atoms with Crippen LogP contribution < -0.4 is 20.5 Å². The molecular formula is C24H27FN6O4. The highest BCUT2D eigenvalue weighted by Gasteiger charge is 2.32. The van der Waals surface area contributed by atoms with Crippen molar-refractivity contribution in [3.8, 4) is 11.5 Å². The van der Waals surface area contributed by atoms with Gasteiger partial charge in [0.25, 0.3) is 0 Å². The van der Waals surface area contributed by atoms with Crippen molar-refractivity contribution in [3.63, 3.8) is 0 Å². The highest BCUT2D eigenvalue weighted by molar-refractivity contribution is 5.70. The number of hydrogen-bond donors (Lipinski definition) is 2. The predicted molar refractivity (Wildman–Crippen MR) is 127 cm³/mol. The maximum Gasteiger partial charge on any atom is 0.307 e. The average molecular weight is 483 g/mol. The summed E-state index contributed by atoms with van der Waals surface area (Å²) < 4.78 is 29.1. The van der Waals surface area contributed by atoms with Crippen molar-refractivity contribution in [2.45, 2.75) is 25.4 Å². The topological polar surface area (TPSA) is 125 Å². The Morgan fingerprint density at radius 1 is 1.11 bits per heavy atom. The lowest BCUT2D eigenvalue weighted by Crippen LogP contribution is -2.37. The van der Waals surface area contributed by atoms with Crippen LogP contribution in [0.25, 0.3) is 0 Å². The van der Waals surface area contributed by atoms with Crippen molar-refractivity contribution in [2.75, 3.05) is 38.9 Å². The minimum atomic E-state index is -0.345. The summed E-state index contributed by atoms with van der Waals surface area (Å²) in [6, 6.07) is 9.37. The van der Waals surface area contributed by atoms with Gasteiger partial charge in [0.2, 0.25) is 11.9 Å². The number of fused-ring (bicyclic) bond motifs is 1. The Kier molecular flexibility index (Phi) is 7.25. The minimum Gasteiger partial charge on any atom is -0.493 e. The number of nitrogen functional groups attached to an aromatic ring is 1. The van der Waals surface area contributed by atoms with E-state index < -0.39 is 0 Å². The molecule has 2 aromatic carbocycles. The number of benzene rings is 2. The molecule has 0 aliphatic carbocycles. The van der Waals surface area contributed by atoms with E-state index in [1.807, 2.05) is 12.1 Å². The number of nitrogens with zero attached hydrogens (tertiary/aromatic N) is 4. The molecule has 0 unspecified atom stereocenters. The summed E-state index contributed by atoms with van der Waals surface area (Å²) in [5.74, 6) is 1.26. The van der Waals surface area contributed by atoms with Crippen molar-refractivity contribution >= 4 is 23.6 Å². The van der Waals surface area contributed by atoms with Gasteiger partial charge < -0.3 is 25.3 Å². The van der Waals surface area contributed by atoms with E-state index in [0.717, 1.165) is 17.5 Å². The number of carbonyl (C=O) groups excluding carboxylic acids is 1. The number of ether oxygens (including phenoxy) is 3. The third-order valence-electron chi connectivity index (χ3n) is 5.85. The normalized spacial score (nSPS) is 15.3. The Hall–Kier alpha value is -3.99. The van der Waals surface area contributed by atoms with Gasteiger partial charge in [0.05, 0.1) is 34.3 Å². The number of aromatic nitrogens is 3. The second-order valence-corrected chi connectivity index (χ2v) is 7.99. The van der Waals surface area contributed by atoms with Crippen LogP contribution in [-0.4, -0.2) is 53.7 Å². The third kappa shape index (κ3) is 5.57. The summed E-state index contributed by atoms with van der Waals surface area (Å²) in [7, 11) is 4.53. The number of nitrogens with two attached hydrogens (primary N) is 1. The van der Waals surface area contributed by atoms with Gasteiger partial charge in [-0.25, -0.2) is 4.39 Å². The van der Waals surface area contributed by atoms with E-state index in [0.29, 0.717) is 36.1 Å². The Morgan fingerprint density at radius 2 is 1.83 bits per heavy atom. The van der Waals surface area contributed by atoms with Crippen LogP contribution in [0.1, 0.15) is 29.4 Å². The zero-order valence-electron chi connectivity index (χ0n) is 19.7. The molecule has 4 rings (SSSR count). The fourth-order valence-electron chi connectivity index (χ4n) is 4.16. The van der Waals surface area contributed by atoms with Crippen LogP contribution in [0.4, 0.5) is 22.0 Å². The van der Waals surface area contributed by atoms with Gasteiger partial charge in [0.15, 0.2) is 11.5 Å². The molecule has 2 heterocycles. The Morgan fingerprint density at radius 3 is 2.51 bits per heavy atom. The van der Waals surface area contributed by atoms with E-state index in [2.05, 4.69) is 25.2 Å². The van der Waals surface area contributed by atoms with E-state index in [-0.39, 0.29) is 36.1 Å². The molecule has 1 aliphatic heterocycles. The van der Waals surface area contributed by atoms with Crippen molar-refractivity contribution in [1.82, 2.24) is 19.9 Å². The van der Waals surface area contributed by atoms with Crippen LogP contribution in [0.3, 0.4) is 0 Å². The van der Waals surface area contributed by atoms with Crippen molar-refractivity contribution < 1.29 is 23.4 Å². The lowest BCUT2D eigenvalue weighted by Gasteiger charge is -2.36. The van der Waals surface area contributed by atoms with Crippen LogP contribution in [0.2, 0.25) is 0 Å². The fraction of sp³-hybridized carbons (Fsp3) is 0.333. The third-order valence-corrected chi connectivity index (χ3v) is 5.85. The molecule has 1 aromatic heterocycles. The zero-order chi connectivity index (χ0) is 24.9. The number of nitrogens with one attached hydrogen (secondary N) is 1. The standard InChI is InChI=1S/C24H27FN6O4/c1-33-19-10-14-8-9-31(18(12-22(32)35-3)17(14)11-20(19)34-2)13-21-28-23(26)30-24(29-21)27-16-6-4-15(25)5-7-16/h4-7,10-11,18H,8-9,12-13H2,1-3H3,(H3,26,27,28,29,30)/t18-/m1/s1. The lowest BCUT2D eigenvalue weighted by molar-refractivity contribution is -0.142. The van der Waals surface area contributed by atoms with Crippen LogP contribution in [0, 0.1) is 5.82 Å². The van der Waals surface area contributed by atoms with Gasteiger partial charge in [-0.1, -0.05) is 0 Å². The molecule has 0 bridgehead atoms. The fourth-order valence-corrected chi connectivity index (χ4v) is 4.16. The molecule has 1 aliphatic rings. The molecule has 3 aromatic rings. The molecule has 3 N–H and O–H groups in total. The minimum absolute atomic E-state index is 0.0490. The quantitative estimate of drug-likeness (QED) is 0.463. The van der Waals surface area contributed by atoms with Gasteiger partial charge in [-0.3, -0.25) is 9.69 Å². The maximum atomic E-state index is 13.2. The van der Waals surface area contributed by atoms with Crippen LogP contribution in [0.5, 0.6) is 11.5 Å². The Labute approximate surface area is 202 Å². The SMILES string of the molecule is COC(=O)C[C@@H]1c2cc(OC)c(OC)cc2CCN1Cc1nc(N)nc(Nc2ccc(F)cc2)n1. The lowest BCUT2D eigenvalue weighted by atomic mass is 9.90. The second kappa shape index (κ2) is 10.5. The molecule has 0 radical (unpaired) electrons. The summed E-state index contributed by atoms with van der Waals surface area (Å²) in [5.41, 5.74) is 8.57. The van der Waals surface area contributed by atoms with Crippen LogP contribution >= 0.6 is 0 Å². The van der Waals surface area contributed by atoms with Crippen molar-refractivity contribution in [3.05, 3.63) is 59.2 Å². The van der Waals surface area contributed by atoms with E-state index in [1.165, 1.54) is 19.2 Å². The summed E-state index contributed by atoms with van der Waals surface area (Å²) in [6.45, 7) is 0.969. The van der Waals surface area contributed by atoms with E-state index in [9.17, 15) is 9.18 Å². The first-order valence-corrected chi connectivity index (χ1v) is 11.0. The first-order chi connectivity index (χ1) is 16.9. The van der Waals surface area contributed by atoms with Gasteiger partial charge in [-0.15, -0.1) is 0 Å². The predicted octanol–water partition coefficient (Wildman–Crippen LogP) is 3.02. The van der Waals surface area contributed by atoms with Gasteiger partial charge in [0, 0.05) is 18.3 Å². The number of rotatable bonds is 8. The number of carbonyl (C=O) groups is 1. The van der Waals surface area contributed by atoms with Gasteiger partial charge in [-0.2, -0.15) is 15.0 Å². The molecule has 10 nitrogen and oxygen atoms in total. The molecule has 0 saturated heterocycles. The number of anilines is 3. The molecule has 0 saturated carbocycles. The largest absolute Gasteiger partial charge is 0.493 e. The highest BCUT2D eigenvalue weighted by Crippen LogP contribution is 2.40. The van der Waals surface area contributed by atoms with E-state index in [1.54, 1.807) is 26.4 Å². The number of methoxy groups -OCH3 is 3. The highest BCUT2D eigenvalue weighted by atomic mass is 19.1. The molecule has 0 fully saturated rings. The molecule has 35 heavy (non-hydrogen) atoms. The summed E-state index contributed by atoms with van der Waals surface area (Å²) in [5, 5.41) is 3.01. The molecule has 184 valence electrons. The number of hydrogen-bond acceptors (Lipinski definition) is 10. The Balaban J connectivity index is 1.63. The monoisotopic (exact) mass is 482 g/mol. The maximum absolute atomic E-state index is 13.2. The summed E-state index contributed by atoms with van der Waals surface area (Å²) in [4.78, 5) is 27.3. The summed E-state index contributed by atoms with van der Waals surface area (Å²) in [6.07, 6.45) is 0.870. The average Bonchev–Trinajstić information content (AvgIpc) is 2.85. The Bertz CT molecular complexity index is 1210. The summed E-state index contributed by atoms with van der Waals surface area (Å²) >= 11 is 0. The van der Waals surface area contributed by atoms with Crippen LogP contribution in [-0.2, 0) is 22.5 Å². The van der Waals surface area contributed by atoms with Crippen molar-refractivity contribution in [1.29, 1.82) is 0 Å². The molecule has 11 heteroatoms. The zero-order valence-corrected chi connectivity index (χ0v) is 19.7. The molecular weight excluding hydrogens is 455 g/mol. The smallest absolute Gasteiger partial charge is 0.307 e. The van der Waals surface area contributed by atoms with Crippen molar-refractivity contribution in [2.24, 2.45) is 0 Å². The van der Waals surface area contributed by atoms with E-state index in [4.69, 9.17) is 19.9 Å². The van der Waals surface area contributed by atoms with Crippen LogP contribution in [0.15, 0.2) is 36.4 Å². The van der Waals surface area contributed by atoms with Gasteiger partial charge >= 0.3 is 5.97 Å². The van der Waals surface area contributed by atoms with Gasteiger partial charge in [0.1, 0.15) is 11.6 Å². The molecule has 0 spiro atoms.